The van der Waals surface area contributed by atoms with Crippen LogP contribution in [0, 0.1) is 17.1 Å². The predicted octanol–water partition coefficient (Wildman–Crippen LogP) is 4.32. The topological polar surface area (TPSA) is 23.8 Å². The third kappa shape index (κ3) is 2.57. The molecule has 1 nitrogen and oxygen atoms in total. The first-order chi connectivity index (χ1) is 8.74. The minimum absolute atomic E-state index is 0.0846. The Morgan fingerprint density at radius 2 is 1.72 bits per heavy atom. The van der Waals surface area contributed by atoms with Crippen molar-refractivity contribution in [1.82, 2.24) is 0 Å². The Balaban J connectivity index is 2.31. The summed E-state index contributed by atoms with van der Waals surface area (Å²) in [6, 6.07) is 14.6. The lowest BCUT2D eigenvalue weighted by molar-refractivity contribution is 0.624. The molecule has 0 aliphatic rings. The summed E-state index contributed by atoms with van der Waals surface area (Å²) in [5, 5.41) is 8.69. The second-order valence-electron chi connectivity index (χ2n) is 4.25. The number of halogens is 1. The van der Waals surface area contributed by atoms with Gasteiger partial charge in [0.25, 0.3) is 0 Å². The second kappa shape index (κ2) is 5.46. The molecular formula is C16H14FN. The lowest BCUT2D eigenvalue weighted by Gasteiger charge is -2.04. The van der Waals surface area contributed by atoms with Gasteiger partial charge in [-0.3, -0.25) is 0 Å². The molecule has 0 fully saturated rings. The average Bonchev–Trinajstić information content (AvgIpc) is 2.40. The summed E-state index contributed by atoms with van der Waals surface area (Å²) in [6.45, 7) is 2.14. The molecular weight excluding hydrogens is 225 g/mol. The Kier molecular flexibility index (Phi) is 3.74. The molecule has 0 aromatic heterocycles. The van der Waals surface area contributed by atoms with Crippen molar-refractivity contribution < 1.29 is 4.39 Å². The van der Waals surface area contributed by atoms with Crippen molar-refractivity contribution >= 4 is 0 Å². The highest BCUT2D eigenvalue weighted by molar-refractivity contribution is 5.64. The molecule has 90 valence electrons. The van der Waals surface area contributed by atoms with Gasteiger partial charge in [-0.05, 0) is 35.2 Å². The second-order valence-corrected chi connectivity index (χ2v) is 4.25. The molecule has 2 aromatic rings. The van der Waals surface area contributed by atoms with E-state index >= 15 is 0 Å². The Morgan fingerprint density at radius 3 is 2.28 bits per heavy atom. The van der Waals surface area contributed by atoms with E-state index in [1.165, 1.54) is 17.7 Å². The summed E-state index contributed by atoms with van der Waals surface area (Å²) in [7, 11) is 0. The summed E-state index contributed by atoms with van der Waals surface area (Å²) in [5.41, 5.74) is 3.14. The number of hydrogen-bond donors (Lipinski definition) is 0. The maximum Gasteiger partial charge on any atom is 0.141 e. The van der Waals surface area contributed by atoms with Crippen LogP contribution >= 0.6 is 0 Å². The van der Waals surface area contributed by atoms with Gasteiger partial charge in [0.1, 0.15) is 11.9 Å². The summed E-state index contributed by atoms with van der Waals surface area (Å²) in [6.07, 6.45) is 2.17. The Labute approximate surface area is 107 Å². The molecule has 0 unspecified atom stereocenters. The molecule has 0 amide bonds. The standard InChI is InChI=1S/C16H14FN/c1-2-3-12-4-6-13(7-5-12)14-8-9-15(11-18)16(17)10-14/h4-10H,2-3H2,1H3. The smallest absolute Gasteiger partial charge is 0.141 e. The first-order valence-electron chi connectivity index (χ1n) is 6.03. The van der Waals surface area contributed by atoms with Gasteiger partial charge < -0.3 is 0 Å². The summed E-state index contributed by atoms with van der Waals surface area (Å²) in [4.78, 5) is 0. The van der Waals surface area contributed by atoms with Gasteiger partial charge in [0, 0.05) is 0 Å². The van der Waals surface area contributed by atoms with E-state index in [0.717, 1.165) is 24.0 Å². The Bertz CT molecular complexity index is 579. The lowest BCUT2D eigenvalue weighted by atomic mass is 10.0. The highest BCUT2D eigenvalue weighted by Gasteiger charge is 2.04. The molecule has 0 N–H and O–H groups in total. The van der Waals surface area contributed by atoms with Crippen LogP contribution in [-0.2, 0) is 6.42 Å². The molecule has 0 saturated heterocycles. The molecule has 2 rings (SSSR count). The van der Waals surface area contributed by atoms with E-state index in [4.69, 9.17) is 5.26 Å². The first kappa shape index (κ1) is 12.3. The molecule has 2 heteroatoms. The van der Waals surface area contributed by atoms with E-state index in [1.54, 1.807) is 6.07 Å². The zero-order chi connectivity index (χ0) is 13.0. The third-order valence-corrected chi connectivity index (χ3v) is 2.92. The van der Waals surface area contributed by atoms with Crippen LogP contribution in [-0.4, -0.2) is 0 Å². The van der Waals surface area contributed by atoms with Gasteiger partial charge in [-0.1, -0.05) is 43.7 Å². The van der Waals surface area contributed by atoms with E-state index in [0.29, 0.717) is 0 Å². The van der Waals surface area contributed by atoms with Crippen LogP contribution in [0.1, 0.15) is 24.5 Å². The van der Waals surface area contributed by atoms with Crippen LogP contribution in [0.4, 0.5) is 4.39 Å². The van der Waals surface area contributed by atoms with E-state index in [9.17, 15) is 4.39 Å². The van der Waals surface area contributed by atoms with Gasteiger partial charge in [-0.2, -0.15) is 5.26 Å². The van der Waals surface area contributed by atoms with Crippen molar-refractivity contribution in [2.45, 2.75) is 19.8 Å². The van der Waals surface area contributed by atoms with Crippen molar-refractivity contribution in [1.29, 1.82) is 5.26 Å². The van der Waals surface area contributed by atoms with Gasteiger partial charge in [-0.25, -0.2) is 4.39 Å². The highest BCUT2D eigenvalue weighted by Crippen LogP contribution is 2.22. The molecule has 18 heavy (non-hydrogen) atoms. The Hall–Kier alpha value is -2.14. The fourth-order valence-corrected chi connectivity index (χ4v) is 1.94. The lowest BCUT2D eigenvalue weighted by Crippen LogP contribution is -1.87. The van der Waals surface area contributed by atoms with E-state index in [1.807, 2.05) is 18.2 Å². The normalized spacial score (nSPS) is 10.1. The van der Waals surface area contributed by atoms with Crippen molar-refractivity contribution in [2.24, 2.45) is 0 Å². The summed E-state index contributed by atoms with van der Waals surface area (Å²) < 4.78 is 13.5. The summed E-state index contributed by atoms with van der Waals surface area (Å²) >= 11 is 0. The largest absolute Gasteiger partial charge is 0.206 e. The molecule has 0 aliphatic carbocycles. The minimum atomic E-state index is -0.465. The number of benzene rings is 2. The number of nitriles is 1. The molecule has 0 heterocycles. The predicted molar refractivity (Wildman–Crippen MR) is 70.5 cm³/mol. The zero-order valence-corrected chi connectivity index (χ0v) is 10.3. The molecule has 0 bridgehead atoms. The molecule has 0 saturated carbocycles. The van der Waals surface area contributed by atoms with Crippen LogP contribution in [0.5, 0.6) is 0 Å². The third-order valence-electron chi connectivity index (χ3n) is 2.92. The van der Waals surface area contributed by atoms with Crippen LogP contribution in [0.3, 0.4) is 0 Å². The van der Waals surface area contributed by atoms with Crippen molar-refractivity contribution in [3.63, 3.8) is 0 Å². The van der Waals surface area contributed by atoms with E-state index in [2.05, 4.69) is 19.1 Å². The van der Waals surface area contributed by atoms with Crippen molar-refractivity contribution in [3.8, 4) is 17.2 Å². The zero-order valence-electron chi connectivity index (χ0n) is 10.3. The molecule has 0 aliphatic heterocycles. The molecule has 0 atom stereocenters. The van der Waals surface area contributed by atoms with Gasteiger partial charge in [-0.15, -0.1) is 0 Å². The van der Waals surface area contributed by atoms with Crippen LogP contribution in [0.15, 0.2) is 42.5 Å². The monoisotopic (exact) mass is 239 g/mol. The Morgan fingerprint density at radius 1 is 1.06 bits per heavy atom. The highest BCUT2D eigenvalue weighted by atomic mass is 19.1. The fourth-order valence-electron chi connectivity index (χ4n) is 1.94. The summed E-state index contributed by atoms with van der Waals surface area (Å²) in [5.74, 6) is -0.465. The first-order valence-corrected chi connectivity index (χ1v) is 6.03. The van der Waals surface area contributed by atoms with Crippen LogP contribution in [0.2, 0.25) is 0 Å². The van der Waals surface area contributed by atoms with Crippen molar-refractivity contribution in [3.05, 3.63) is 59.4 Å². The van der Waals surface area contributed by atoms with E-state index in [-0.39, 0.29) is 5.56 Å². The quantitative estimate of drug-likeness (QED) is 0.782. The van der Waals surface area contributed by atoms with Crippen molar-refractivity contribution in [2.75, 3.05) is 0 Å². The number of hydrogen-bond acceptors (Lipinski definition) is 1. The number of nitrogens with zero attached hydrogens (tertiary/aromatic N) is 1. The molecule has 2 aromatic carbocycles. The van der Waals surface area contributed by atoms with Gasteiger partial charge in [0.2, 0.25) is 0 Å². The average molecular weight is 239 g/mol. The minimum Gasteiger partial charge on any atom is -0.206 e. The SMILES string of the molecule is CCCc1ccc(-c2ccc(C#N)c(F)c2)cc1. The number of rotatable bonds is 3. The molecule has 0 radical (unpaired) electrons. The fraction of sp³-hybridized carbons (Fsp3) is 0.188. The number of aryl methyl sites for hydroxylation is 1. The maximum absolute atomic E-state index is 13.5. The van der Waals surface area contributed by atoms with Gasteiger partial charge in [0.15, 0.2) is 0 Å². The van der Waals surface area contributed by atoms with E-state index < -0.39 is 5.82 Å². The molecule has 0 spiro atoms. The van der Waals surface area contributed by atoms with Crippen LogP contribution in [0.25, 0.3) is 11.1 Å². The maximum atomic E-state index is 13.5. The van der Waals surface area contributed by atoms with Crippen LogP contribution < -0.4 is 0 Å². The van der Waals surface area contributed by atoms with Gasteiger partial charge >= 0.3 is 0 Å². The van der Waals surface area contributed by atoms with Gasteiger partial charge in [0.05, 0.1) is 5.56 Å².